The highest BCUT2D eigenvalue weighted by Gasteiger charge is 2.18. The molecule has 0 unspecified atom stereocenters. The molecule has 7 rings (SSSR count). The highest BCUT2D eigenvalue weighted by Crippen LogP contribution is 2.44. The summed E-state index contributed by atoms with van der Waals surface area (Å²) in [6.45, 7) is 0. The Kier molecular flexibility index (Phi) is 5.69. The van der Waals surface area contributed by atoms with E-state index in [9.17, 15) is 0 Å². The van der Waals surface area contributed by atoms with Gasteiger partial charge >= 0.3 is 0 Å². The Morgan fingerprint density at radius 3 is 1.66 bits per heavy atom. The lowest BCUT2D eigenvalue weighted by Gasteiger charge is -2.26. The van der Waals surface area contributed by atoms with Crippen molar-refractivity contribution < 1.29 is 0 Å². The van der Waals surface area contributed by atoms with Gasteiger partial charge in [-0.1, -0.05) is 103 Å². The number of hydrogen-bond acceptors (Lipinski definition) is 3. The predicted molar refractivity (Wildman–Crippen MR) is 163 cm³/mol. The first-order chi connectivity index (χ1) is 18.8. The molecule has 0 spiro atoms. The summed E-state index contributed by atoms with van der Waals surface area (Å²) in [6, 6.07) is 47.3. The molecular formula is C35H24N2S. The molecule has 0 radical (unpaired) electrons. The van der Waals surface area contributed by atoms with Crippen molar-refractivity contribution in [1.29, 1.82) is 0 Å². The molecule has 0 saturated carbocycles. The van der Waals surface area contributed by atoms with Crippen molar-refractivity contribution in [3.05, 3.63) is 146 Å². The fourth-order valence-electron chi connectivity index (χ4n) is 5.12. The van der Waals surface area contributed by atoms with Crippen molar-refractivity contribution in [2.75, 3.05) is 4.90 Å². The van der Waals surface area contributed by atoms with Crippen molar-refractivity contribution in [1.82, 2.24) is 4.98 Å². The summed E-state index contributed by atoms with van der Waals surface area (Å²) < 4.78 is 2.47. The molecule has 2 nitrogen and oxygen atoms in total. The van der Waals surface area contributed by atoms with E-state index in [2.05, 4.69) is 143 Å². The topological polar surface area (TPSA) is 16.1 Å². The SMILES string of the molecule is c1ccc(-c2ccc(-c3ccc(N(c4ccccc4)c4cncc5sc6ccccc6c45)cc3)cc2)cc1. The molecule has 0 amide bonds. The number of aromatic nitrogens is 1. The van der Waals surface area contributed by atoms with Crippen LogP contribution in [0, 0.1) is 0 Å². The average Bonchev–Trinajstić information content (AvgIpc) is 3.38. The van der Waals surface area contributed by atoms with Gasteiger partial charge in [-0.05, 0) is 52.6 Å². The zero-order chi connectivity index (χ0) is 25.3. The molecule has 3 heteroatoms. The van der Waals surface area contributed by atoms with Crippen LogP contribution < -0.4 is 4.90 Å². The molecule has 7 aromatic rings. The van der Waals surface area contributed by atoms with Crippen LogP contribution in [0.1, 0.15) is 0 Å². The van der Waals surface area contributed by atoms with Crippen LogP contribution in [0.4, 0.5) is 17.1 Å². The quantitative estimate of drug-likeness (QED) is 0.232. The standard InChI is InChI=1S/C35H24N2S/c1-3-9-25(10-4-1)26-15-17-27(18-16-26)28-19-21-30(22-20-28)37(29-11-5-2-6-12-29)32-23-36-24-34-35(32)31-13-7-8-14-33(31)38-34/h1-24H. The number of pyridine rings is 1. The number of hydrogen-bond donors (Lipinski definition) is 0. The Morgan fingerprint density at radius 2 is 0.974 bits per heavy atom. The Hall–Kier alpha value is -4.73. The van der Waals surface area contributed by atoms with Gasteiger partial charge in [-0.3, -0.25) is 4.98 Å². The largest absolute Gasteiger partial charge is 0.308 e. The molecule has 0 bridgehead atoms. The molecule has 0 aliphatic heterocycles. The molecule has 0 aliphatic carbocycles. The van der Waals surface area contributed by atoms with Gasteiger partial charge in [0, 0.05) is 33.0 Å². The zero-order valence-corrected chi connectivity index (χ0v) is 21.5. The summed E-state index contributed by atoms with van der Waals surface area (Å²) in [5.74, 6) is 0. The van der Waals surface area contributed by atoms with Crippen LogP contribution in [-0.4, -0.2) is 4.98 Å². The summed E-state index contributed by atoms with van der Waals surface area (Å²) in [7, 11) is 0. The van der Waals surface area contributed by atoms with Gasteiger partial charge in [0.15, 0.2) is 0 Å². The lowest BCUT2D eigenvalue weighted by molar-refractivity contribution is 1.26. The maximum atomic E-state index is 4.65. The fraction of sp³-hybridized carbons (Fsp3) is 0. The van der Waals surface area contributed by atoms with E-state index in [1.54, 1.807) is 11.3 Å². The molecule has 2 heterocycles. The lowest BCUT2D eigenvalue weighted by Crippen LogP contribution is -2.10. The number of nitrogens with zero attached hydrogens (tertiary/aromatic N) is 2. The number of benzene rings is 5. The predicted octanol–water partition coefficient (Wildman–Crippen LogP) is 10.3. The summed E-state index contributed by atoms with van der Waals surface area (Å²) >= 11 is 1.79. The van der Waals surface area contributed by atoms with E-state index in [4.69, 9.17) is 0 Å². The minimum absolute atomic E-state index is 1.09. The van der Waals surface area contributed by atoms with Crippen LogP contribution >= 0.6 is 11.3 Å². The number of fused-ring (bicyclic) bond motifs is 3. The molecule has 0 fully saturated rings. The number of anilines is 3. The molecule has 38 heavy (non-hydrogen) atoms. The molecule has 180 valence electrons. The fourth-order valence-corrected chi connectivity index (χ4v) is 6.22. The molecule has 0 aliphatic rings. The van der Waals surface area contributed by atoms with E-state index in [-0.39, 0.29) is 0 Å². The van der Waals surface area contributed by atoms with Crippen molar-refractivity contribution in [3.8, 4) is 22.3 Å². The van der Waals surface area contributed by atoms with Crippen LogP contribution in [0.2, 0.25) is 0 Å². The van der Waals surface area contributed by atoms with E-state index in [1.165, 1.54) is 42.4 Å². The van der Waals surface area contributed by atoms with Gasteiger partial charge in [0.2, 0.25) is 0 Å². The highest BCUT2D eigenvalue weighted by atomic mass is 32.1. The third-order valence-electron chi connectivity index (χ3n) is 6.97. The van der Waals surface area contributed by atoms with E-state index >= 15 is 0 Å². The summed E-state index contributed by atoms with van der Waals surface area (Å²) in [4.78, 5) is 6.96. The number of rotatable bonds is 5. The van der Waals surface area contributed by atoms with Gasteiger partial charge in [0.1, 0.15) is 0 Å². The van der Waals surface area contributed by atoms with Gasteiger partial charge in [-0.15, -0.1) is 11.3 Å². The monoisotopic (exact) mass is 504 g/mol. The van der Waals surface area contributed by atoms with Crippen LogP contribution in [-0.2, 0) is 0 Å². The van der Waals surface area contributed by atoms with Crippen LogP contribution in [0.5, 0.6) is 0 Å². The average molecular weight is 505 g/mol. The minimum Gasteiger partial charge on any atom is -0.308 e. The van der Waals surface area contributed by atoms with Crippen LogP contribution in [0.3, 0.4) is 0 Å². The number of thiophene rings is 1. The second-order valence-electron chi connectivity index (χ2n) is 9.29. The van der Waals surface area contributed by atoms with Crippen molar-refractivity contribution in [2.45, 2.75) is 0 Å². The lowest BCUT2D eigenvalue weighted by atomic mass is 10.00. The Balaban J connectivity index is 1.31. The van der Waals surface area contributed by atoms with E-state index in [0.717, 1.165) is 17.1 Å². The Morgan fingerprint density at radius 1 is 0.447 bits per heavy atom. The van der Waals surface area contributed by atoms with Gasteiger partial charge in [-0.25, -0.2) is 0 Å². The first-order valence-electron chi connectivity index (χ1n) is 12.7. The zero-order valence-electron chi connectivity index (χ0n) is 20.7. The maximum absolute atomic E-state index is 4.65. The van der Waals surface area contributed by atoms with E-state index in [1.807, 2.05) is 12.4 Å². The van der Waals surface area contributed by atoms with Crippen LogP contribution in [0.25, 0.3) is 42.4 Å². The molecule has 0 saturated heterocycles. The minimum atomic E-state index is 1.09. The van der Waals surface area contributed by atoms with Crippen molar-refractivity contribution in [3.63, 3.8) is 0 Å². The molecule has 5 aromatic carbocycles. The Bertz CT molecular complexity index is 1840. The third-order valence-corrected chi connectivity index (χ3v) is 8.08. The second-order valence-corrected chi connectivity index (χ2v) is 10.4. The van der Waals surface area contributed by atoms with Crippen molar-refractivity contribution >= 4 is 48.6 Å². The normalized spacial score (nSPS) is 11.2. The summed E-state index contributed by atoms with van der Waals surface area (Å²) in [6.07, 6.45) is 3.97. The van der Waals surface area contributed by atoms with Gasteiger partial charge in [-0.2, -0.15) is 0 Å². The van der Waals surface area contributed by atoms with Crippen molar-refractivity contribution in [2.24, 2.45) is 0 Å². The first kappa shape index (κ1) is 22.5. The van der Waals surface area contributed by atoms with Gasteiger partial charge in [0.05, 0.1) is 16.6 Å². The van der Waals surface area contributed by atoms with E-state index in [0.29, 0.717) is 0 Å². The van der Waals surface area contributed by atoms with Gasteiger partial charge < -0.3 is 4.90 Å². The molecule has 0 N–H and O–H groups in total. The molecule has 2 aromatic heterocycles. The summed E-state index contributed by atoms with van der Waals surface area (Å²) in [5.41, 5.74) is 8.16. The first-order valence-corrected chi connectivity index (χ1v) is 13.5. The summed E-state index contributed by atoms with van der Waals surface area (Å²) in [5, 5.41) is 2.51. The van der Waals surface area contributed by atoms with Gasteiger partial charge in [0.25, 0.3) is 0 Å². The smallest absolute Gasteiger partial charge is 0.0738 e. The molecular weight excluding hydrogens is 480 g/mol. The maximum Gasteiger partial charge on any atom is 0.0738 e. The second kappa shape index (κ2) is 9.62. The highest BCUT2D eigenvalue weighted by molar-refractivity contribution is 7.25. The van der Waals surface area contributed by atoms with Crippen LogP contribution in [0.15, 0.2) is 146 Å². The number of para-hydroxylation sites is 1. The third kappa shape index (κ3) is 4.03. The Labute approximate surface area is 226 Å². The molecule has 0 atom stereocenters. The van der Waals surface area contributed by atoms with E-state index < -0.39 is 0 Å².